The smallest absolute Gasteiger partial charge is 0.139 e. The second kappa shape index (κ2) is 31.7. The second-order valence-electron chi connectivity index (χ2n) is 38.5. The van der Waals surface area contributed by atoms with Crippen molar-refractivity contribution in [2.75, 3.05) is 19.6 Å². The first kappa shape index (κ1) is 81.7. The van der Waals surface area contributed by atoms with Gasteiger partial charge in [-0.2, -0.15) is 0 Å². The molecule has 4 aliphatic carbocycles. The van der Waals surface area contributed by atoms with Gasteiger partial charge < -0.3 is 32.9 Å². The molecule has 22 aromatic rings. The van der Waals surface area contributed by atoms with Crippen molar-refractivity contribution in [3.05, 3.63) is 481 Å². The van der Waals surface area contributed by atoms with Gasteiger partial charge in [-0.1, -0.05) is 322 Å². The lowest BCUT2D eigenvalue weighted by atomic mass is 9.74. The van der Waals surface area contributed by atoms with Gasteiger partial charge >= 0.3 is 0 Å². The molecule has 0 fully saturated rings. The number of hydrogen-bond donors (Lipinski definition) is 0. The van der Waals surface area contributed by atoms with Crippen molar-refractivity contribution < 1.29 is 13.3 Å². The van der Waals surface area contributed by atoms with Crippen molar-refractivity contribution in [1.29, 1.82) is 0 Å². The molecule has 0 bridgehead atoms. The van der Waals surface area contributed by atoms with E-state index in [0.29, 0.717) is 0 Å². The fourth-order valence-corrected chi connectivity index (χ4v) is 23.9. The Labute approximate surface area is 797 Å². The molecule has 0 saturated heterocycles. The number of thiophene rings is 1. The Morgan fingerprint density at radius 2 is 0.449 bits per heavy atom. The monoisotopic (exact) mass is 1770 g/mol. The summed E-state index contributed by atoms with van der Waals surface area (Å²) in [7, 11) is 0. The van der Waals surface area contributed by atoms with Crippen LogP contribution < -0.4 is 19.6 Å². The lowest BCUT2D eigenvalue weighted by Crippen LogP contribution is -2.23. The first-order chi connectivity index (χ1) is 66.5. The van der Waals surface area contributed by atoms with Crippen molar-refractivity contribution in [1.82, 2.24) is 0 Å². The van der Waals surface area contributed by atoms with Crippen molar-refractivity contribution in [3.63, 3.8) is 0 Å². The highest BCUT2D eigenvalue weighted by Crippen LogP contribution is 2.66. The molecule has 4 aromatic heterocycles. The molecule has 0 amide bonds. The van der Waals surface area contributed by atoms with Gasteiger partial charge in [0.05, 0.1) is 22.7 Å². The van der Waals surface area contributed by atoms with Gasteiger partial charge in [-0.05, 0) is 208 Å². The van der Waals surface area contributed by atoms with Crippen LogP contribution in [-0.4, -0.2) is 0 Å². The van der Waals surface area contributed by atoms with Crippen LogP contribution in [-0.2, 0) is 21.7 Å². The van der Waals surface area contributed by atoms with E-state index in [1.165, 1.54) is 109 Å². The SMILES string of the molecule is CC1(C)c2cc(N(c3ccccc3)c3ccccc3-c3ccccc3)ccc2-c2oc3c(c21)C(C)(C)c1cc(N(c2ccc4c(c2)oc2ccccc24)c2ccccc2-c2ccccc2)ccc1-3.CC1(C)c2cc(N(c3ccccc3)c3ccccc3-c3ccccc3)ccc2-c2oc3c(c21)C(C)(C)c1cc(N(c2ccc4sc5ccccc5c4c2)c2ccccc2-c2ccccc2)ccc1-3. The standard InChI is InChI=1S/C64H48N2O2.C64H48N2OS/c1-63(2)53-38-44(65(43-24-12-7-13-25-43)55-29-17-14-26-47(55)41-20-8-5-9-21-41)33-36-51(53)61-59(63)60-62(68-61)52-37-34-45(39-54(52)64(60,3)4)66(56-30-18-15-27-48(56)42-22-10-6-11-23-42)46-32-35-50-49-28-16-19-31-57(49)67-58(50)40-46;1-63(2)53-39-45(65(43-24-12-7-13-25-43)55-29-17-14-26-47(55)41-20-8-5-9-21-41)32-35-50(53)61-59(63)60-62(67-61)51-36-33-46(40-54(51)64(60,3)4)66(56-30-18-15-27-48(56)42-22-10-6-11-23-42)44-34-37-58-52(38-44)49-28-16-19-31-57(49)68-58/h2*5-40H,1-4H3. The van der Waals surface area contributed by atoms with E-state index in [0.717, 1.165) is 135 Å². The third-order valence-electron chi connectivity index (χ3n) is 29.2. The van der Waals surface area contributed by atoms with Gasteiger partial charge in [-0.3, -0.25) is 0 Å². The number of benzene rings is 18. The van der Waals surface area contributed by atoms with E-state index < -0.39 is 0 Å². The largest absolute Gasteiger partial charge is 0.456 e. The maximum atomic E-state index is 7.24. The van der Waals surface area contributed by atoms with Crippen LogP contribution in [0.2, 0.25) is 0 Å². The number of rotatable bonds is 16. The Morgan fingerprint density at radius 1 is 0.184 bits per heavy atom. The average molecular weight is 1770 g/mol. The Kier molecular flexibility index (Phi) is 19.1. The van der Waals surface area contributed by atoms with E-state index in [1.54, 1.807) is 0 Å². The molecule has 0 radical (unpaired) electrons. The first-order valence-corrected chi connectivity index (χ1v) is 48.0. The molecule has 136 heavy (non-hydrogen) atoms. The number of furan rings is 3. The van der Waals surface area contributed by atoms with Crippen LogP contribution in [0, 0.1) is 0 Å². The second-order valence-corrected chi connectivity index (χ2v) is 39.6. The zero-order chi connectivity index (χ0) is 91.5. The first-order valence-electron chi connectivity index (χ1n) is 47.2. The highest BCUT2D eigenvalue weighted by molar-refractivity contribution is 7.25. The third kappa shape index (κ3) is 13.0. The van der Waals surface area contributed by atoms with Gasteiger partial charge in [0.15, 0.2) is 0 Å². The Hall–Kier alpha value is -16.3. The quantitative estimate of drug-likeness (QED) is 0.0955. The van der Waals surface area contributed by atoms with E-state index >= 15 is 0 Å². The molecule has 0 spiro atoms. The number of hydrogen-bond acceptors (Lipinski definition) is 8. The number of anilines is 12. The average Bonchev–Trinajstić information content (AvgIpc) is 1.52. The molecule has 0 saturated carbocycles. The zero-order valence-corrected chi connectivity index (χ0v) is 77.8. The maximum Gasteiger partial charge on any atom is 0.139 e. The minimum atomic E-state index is -0.363. The summed E-state index contributed by atoms with van der Waals surface area (Å²) < 4.78 is 23.6. The molecule has 7 nitrogen and oxygen atoms in total. The summed E-state index contributed by atoms with van der Waals surface area (Å²) in [6.07, 6.45) is 0. The molecule has 18 aromatic carbocycles. The van der Waals surface area contributed by atoms with E-state index in [4.69, 9.17) is 13.3 Å². The lowest BCUT2D eigenvalue weighted by Gasteiger charge is -2.31. The highest BCUT2D eigenvalue weighted by atomic mass is 32.1. The van der Waals surface area contributed by atoms with E-state index in [9.17, 15) is 0 Å². The molecular formula is C128H96N4O3S. The van der Waals surface area contributed by atoms with Crippen LogP contribution in [0.5, 0.6) is 0 Å². The van der Waals surface area contributed by atoms with Gasteiger partial charge in [0.2, 0.25) is 0 Å². The van der Waals surface area contributed by atoms with Crippen molar-refractivity contribution in [2.45, 2.75) is 77.0 Å². The highest BCUT2D eigenvalue weighted by Gasteiger charge is 2.53. The van der Waals surface area contributed by atoms with Crippen molar-refractivity contribution in [2.24, 2.45) is 0 Å². The summed E-state index contributed by atoms with van der Waals surface area (Å²) in [6.45, 7) is 19.1. The number of fused-ring (bicyclic) bond motifs is 20. The summed E-state index contributed by atoms with van der Waals surface area (Å²) in [5.74, 6) is 3.95. The van der Waals surface area contributed by atoms with Gasteiger partial charge in [0.1, 0.15) is 34.2 Å². The molecule has 26 rings (SSSR count). The fraction of sp³-hybridized carbons (Fsp3) is 0.0938. The summed E-state index contributed by atoms with van der Waals surface area (Å²) in [6, 6.07) is 158. The molecule has 0 aliphatic heterocycles. The van der Waals surface area contributed by atoms with E-state index in [2.05, 4.69) is 500 Å². The van der Waals surface area contributed by atoms with Crippen molar-refractivity contribution in [3.8, 4) is 89.8 Å². The number of para-hydroxylation sites is 7. The molecule has 652 valence electrons. The Balaban J connectivity index is 0.000000145. The van der Waals surface area contributed by atoms with Crippen LogP contribution in [0.3, 0.4) is 0 Å². The van der Waals surface area contributed by atoms with Crippen LogP contribution in [0.25, 0.3) is 132 Å². The molecule has 0 unspecified atom stereocenters. The van der Waals surface area contributed by atoms with Crippen LogP contribution in [0.15, 0.2) is 450 Å². The summed E-state index contributed by atoms with van der Waals surface area (Å²) >= 11 is 1.86. The predicted octanol–water partition coefficient (Wildman–Crippen LogP) is 36.6. The molecular weight excluding hydrogens is 1670 g/mol. The molecule has 0 N–H and O–H groups in total. The van der Waals surface area contributed by atoms with Crippen LogP contribution in [0.4, 0.5) is 68.2 Å². The summed E-state index contributed by atoms with van der Waals surface area (Å²) in [5, 5.41) is 4.79. The molecule has 4 aliphatic rings. The summed E-state index contributed by atoms with van der Waals surface area (Å²) in [5.41, 5.74) is 37.9. The summed E-state index contributed by atoms with van der Waals surface area (Å²) in [4.78, 5) is 9.67. The van der Waals surface area contributed by atoms with Crippen LogP contribution in [0.1, 0.15) is 99.9 Å². The fourth-order valence-electron chi connectivity index (χ4n) is 22.8. The van der Waals surface area contributed by atoms with Gasteiger partial charge in [-0.15, -0.1) is 11.3 Å². The van der Waals surface area contributed by atoms with Gasteiger partial charge in [-0.25, -0.2) is 0 Å². The Morgan fingerprint density at radius 3 is 0.816 bits per heavy atom. The van der Waals surface area contributed by atoms with E-state index in [1.807, 2.05) is 23.5 Å². The zero-order valence-electron chi connectivity index (χ0n) is 77.0. The Bertz CT molecular complexity index is 8490. The topological polar surface area (TPSA) is 52.4 Å². The predicted molar refractivity (Wildman–Crippen MR) is 568 cm³/mol. The molecule has 4 heterocycles. The van der Waals surface area contributed by atoms with Crippen molar-refractivity contribution >= 4 is 122 Å². The minimum absolute atomic E-state index is 0.333. The maximum absolute atomic E-state index is 7.24. The molecule has 0 atom stereocenters. The van der Waals surface area contributed by atoms with Gasteiger partial charge in [0, 0.05) is 171 Å². The third-order valence-corrected chi connectivity index (χ3v) is 30.4. The molecule has 8 heteroatoms. The van der Waals surface area contributed by atoms with Crippen LogP contribution >= 0.6 is 11.3 Å². The lowest BCUT2D eigenvalue weighted by molar-refractivity contribution is 0.592. The normalized spacial score (nSPS) is 13.8. The minimum Gasteiger partial charge on any atom is -0.456 e. The van der Waals surface area contributed by atoms with Gasteiger partial charge in [0.25, 0.3) is 0 Å². The van der Waals surface area contributed by atoms with E-state index in [-0.39, 0.29) is 21.7 Å². The number of nitrogens with zero attached hydrogens (tertiary/aromatic N) is 4.